The molecule has 0 saturated carbocycles. The van der Waals surface area contributed by atoms with Gasteiger partial charge in [-0.25, -0.2) is 0 Å². The van der Waals surface area contributed by atoms with Crippen LogP contribution in [0.1, 0.15) is 53.9 Å². The van der Waals surface area contributed by atoms with Gasteiger partial charge in [0.25, 0.3) is 0 Å². The molecule has 0 amide bonds. The molecule has 0 aromatic carbocycles. The lowest BCUT2D eigenvalue weighted by Crippen LogP contribution is -2.53. The molecule has 1 unspecified atom stereocenters. The molecule has 0 spiro atoms. The maximum Gasteiger partial charge on any atom is 0.0610 e. The van der Waals surface area contributed by atoms with Crippen LogP contribution >= 0.6 is 0 Å². The van der Waals surface area contributed by atoms with Crippen LogP contribution < -0.4 is 5.32 Å². The van der Waals surface area contributed by atoms with Crippen LogP contribution in [0.15, 0.2) is 0 Å². The highest BCUT2D eigenvalue weighted by Gasteiger charge is 2.26. The smallest absolute Gasteiger partial charge is 0.0610 e. The lowest BCUT2D eigenvalue weighted by atomic mass is 9.96. The third-order valence-electron chi connectivity index (χ3n) is 4.67. The predicted molar refractivity (Wildman–Crippen MR) is 90.8 cm³/mol. The van der Waals surface area contributed by atoms with Crippen LogP contribution in [0.2, 0.25) is 0 Å². The van der Waals surface area contributed by atoms with Crippen molar-refractivity contribution >= 4 is 0 Å². The first kappa shape index (κ1) is 18.9. The summed E-state index contributed by atoms with van der Waals surface area (Å²) in [5.41, 5.74) is 0.189. The van der Waals surface area contributed by atoms with Crippen molar-refractivity contribution in [1.82, 2.24) is 15.1 Å². The Morgan fingerprint density at radius 2 is 1.67 bits per heavy atom. The van der Waals surface area contributed by atoms with E-state index in [1.165, 1.54) is 26.2 Å². The molecule has 1 heterocycles. The highest BCUT2D eigenvalue weighted by atomic mass is 16.3. The van der Waals surface area contributed by atoms with Crippen molar-refractivity contribution in [3.63, 3.8) is 0 Å². The SMILES string of the molecule is CCCNC(C)(CO)CCCN1CCN(C(C)(C)C)CC1. The van der Waals surface area contributed by atoms with Crippen molar-refractivity contribution < 1.29 is 5.11 Å². The van der Waals surface area contributed by atoms with Gasteiger partial charge in [-0.2, -0.15) is 0 Å². The van der Waals surface area contributed by atoms with Crippen LogP contribution in [0.25, 0.3) is 0 Å². The molecule has 0 aliphatic carbocycles. The van der Waals surface area contributed by atoms with Gasteiger partial charge in [0.2, 0.25) is 0 Å². The molecular weight excluding hydrogens is 262 g/mol. The first-order chi connectivity index (χ1) is 9.80. The minimum Gasteiger partial charge on any atom is -0.394 e. The van der Waals surface area contributed by atoms with Gasteiger partial charge in [-0.3, -0.25) is 4.90 Å². The third kappa shape index (κ3) is 6.64. The molecule has 0 aromatic heterocycles. The van der Waals surface area contributed by atoms with Gasteiger partial charge in [0, 0.05) is 37.3 Å². The zero-order valence-electron chi connectivity index (χ0n) is 14.9. The number of piperazine rings is 1. The molecule has 4 nitrogen and oxygen atoms in total. The van der Waals surface area contributed by atoms with E-state index in [1.807, 2.05) is 0 Å². The lowest BCUT2D eigenvalue weighted by molar-refractivity contribution is 0.0596. The number of hydrogen-bond acceptors (Lipinski definition) is 4. The molecule has 2 N–H and O–H groups in total. The number of rotatable bonds is 8. The molecule has 21 heavy (non-hydrogen) atoms. The van der Waals surface area contributed by atoms with Crippen molar-refractivity contribution in [3.8, 4) is 0 Å². The summed E-state index contributed by atoms with van der Waals surface area (Å²) in [6.07, 6.45) is 3.32. The van der Waals surface area contributed by atoms with Crippen molar-refractivity contribution in [2.75, 3.05) is 45.9 Å². The Kier molecular flexibility index (Phi) is 7.62. The lowest BCUT2D eigenvalue weighted by Gasteiger charge is -2.42. The molecule has 0 aromatic rings. The van der Waals surface area contributed by atoms with E-state index < -0.39 is 0 Å². The Morgan fingerprint density at radius 1 is 1.05 bits per heavy atom. The van der Waals surface area contributed by atoms with E-state index in [0.29, 0.717) is 5.54 Å². The summed E-state index contributed by atoms with van der Waals surface area (Å²) in [5, 5.41) is 13.1. The van der Waals surface area contributed by atoms with Gasteiger partial charge in [0.15, 0.2) is 0 Å². The molecule has 1 saturated heterocycles. The van der Waals surface area contributed by atoms with Gasteiger partial charge >= 0.3 is 0 Å². The van der Waals surface area contributed by atoms with E-state index in [9.17, 15) is 5.11 Å². The molecule has 1 atom stereocenters. The van der Waals surface area contributed by atoms with E-state index in [-0.39, 0.29) is 12.1 Å². The maximum absolute atomic E-state index is 9.59. The van der Waals surface area contributed by atoms with Crippen LogP contribution in [-0.2, 0) is 0 Å². The van der Waals surface area contributed by atoms with Crippen LogP contribution in [0.4, 0.5) is 0 Å². The van der Waals surface area contributed by atoms with Crippen molar-refractivity contribution in [2.45, 2.75) is 65.0 Å². The van der Waals surface area contributed by atoms with Gasteiger partial charge in [-0.05, 0) is 60.0 Å². The Balaban J connectivity index is 2.25. The monoisotopic (exact) mass is 299 g/mol. The highest BCUT2D eigenvalue weighted by molar-refractivity contribution is 4.84. The Bertz CT molecular complexity index is 282. The number of aliphatic hydroxyl groups is 1. The molecular formula is C17H37N3O. The van der Waals surface area contributed by atoms with Crippen LogP contribution in [0.3, 0.4) is 0 Å². The molecule has 0 radical (unpaired) electrons. The fourth-order valence-electron chi connectivity index (χ4n) is 2.99. The van der Waals surface area contributed by atoms with Crippen molar-refractivity contribution in [1.29, 1.82) is 0 Å². The Hall–Kier alpha value is -0.160. The minimum atomic E-state index is -0.108. The van der Waals surface area contributed by atoms with Crippen LogP contribution in [-0.4, -0.2) is 71.9 Å². The number of nitrogens with zero attached hydrogens (tertiary/aromatic N) is 2. The van der Waals surface area contributed by atoms with E-state index >= 15 is 0 Å². The van der Waals surface area contributed by atoms with E-state index in [2.05, 4.69) is 49.7 Å². The largest absolute Gasteiger partial charge is 0.394 e. The van der Waals surface area contributed by atoms with E-state index in [4.69, 9.17) is 0 Å². The average Bonchev–Trinajstić information content (AvgIpc) is 2.45. The first-order valence-electron chi connectivity index (χ1n) is 8.64. The minimum absolute atomic E-state index is 0.108. The van der Waals surface area contributed by atoms with Gasteiger partial charge in [-0.15, -0.1) is 0 Å². The standard InChI is InChI=1S/C17H37N3O/c1-6-9-18-17(5,15-21)8-7-10-19-11-13-20(14-12-19)16(2,3)4/h18,21H,6-15H2,1-5H3. The highest BCUT2D eigenvalue weighted by Crippen LogP contribution is 2.17. The third-order valence-corrected chi connectivity index (χ3v) is 4.67. The fourth-order valence-corrected chi connectivity index (χ4v) is 2.99. The molecule has 126 valence electrons. The Labute approximate surface area is 131 Å². The van der Waals surface area contributed by atoms with Crippen molar-refractivity contribution in [3.05, 3.63) is 0 Å². The van der Waals surface area contributed by atoms with Gasteiger partial charge < -0.3 is 15.3 Å². The number of hydrogen-bond donors (Lipinski definition) is 2. The van der Waals surface area contributed by atoms with Crippen LogP contribution in [0, 0.1) is 0 Å². The van der Waals surface area contributed by atoms with Gasteiger partial charge in [-0.1, -0.05) is 6.92 Å². The second kappa shape index (κ2) is 8.47. The summed E-state index contributed by atoms with van der Waals surface area (Å²) in [7, 11) is 0. The van der Waals surface area contributed by atoms with Crippen molar-refractivity contribution in [2.24, 2.45) is 0 Å². The molecule has 1 fully saturated rings. The summed E-state index contributed by atoms with van der Waals surface area (Å²) < 4.78 is 0. The topological polar surface area (TPSA) is 38.7 Å². The van der Waals surface area contributed by atoms with E-state index in [1.54, 1.807) is 0 Å². The summed E-state index contributed by atoms with van der Waals surface area (Å²) >= 11 is 0. The summed E-state index contributed by atoms with van der Waals surface area (Å²) in [6.45, 7) is 18.3. The van der Waals surface area contributed by atoms with Gasteiger partial charge in [0.05, 0.1) is 6.61 Å². The summed E-state index contributed by atoms with van der Waals surface area (Å²) in [4.78, 5) is 5.14. The summed E-state index contributed by atoms with van der Waals surface area (Å²) in [5.74, 6) is 0. The molecule has 1 aliphatic heterocycles. The number of nitrogens with one attached hydrogen (secondary N) is 1. The normalized spacial score (nSPS) is 21.4. The number of aliphatic hydroxyl groups excluding tert-OH is 1. The first-order valence-corrected chi connectivity index (χ1v) is 8.64. The maximum atomic E-state index is 9.59. The van der Waals surface area contributed by atoms with Crippen LogP contribution in [0.5, 0.6) is 0 Å². The average molecular weight is 300 g/mol. The predicted octanol–water partition coefficient (Wildman–Crippen LogP) is 1.93. The zero-order valence-corrected chi connectivity index (χ0v) is 14.9. The molecule has 0 bridgehead atoms. The van der Waals surface area contributed by atoms with Gasteiger partial charge in [0.1, 0.15) is 0 Å². The molecule has 4 heteroatoms. The van der Waals surface area contributed by atoms with E-state index in [0.717, 1.165) is 32.4 Å². The quantitative estimate of drug-likeness (QED) is 0.718. The Morgan fingerprint density at radius 3 is 2.14 bits per heavy atom. The second-order valence-corrected chi connectivity index (χ2v) is 7.75. The summed E-state index contributed by atoms with van der Waals surface area (Å²) in [6, 6.07) is 0. The molecule has 1 rings (SSSR count). The molecule has 1 aliphatic rings. The second-order valence-electron chi connectivity index (χ2n) is 7.75. The zero-order chi connectivity index (χ0) is 15.9. The fraction of sp³-hybridized carbons (Fsp3) is 1.00.